The Balaban J connectivity index is 4.79. The van der Waals surface area contributed by atoms with E-state index in [1.54, 1.807) is 6.92 Å². The fourth-order valence-corrected chi connectivity index (χ4v) is 3.39. The molecule has 0 rings (SSSR count). The molecule has 5 nitrogen and oxygen atoms in total. The topological polar surface area (TPSA) is 89.3 Å². The fraction of sp³-hybridized carbons (Fsp3) is 0.769. The molecule has 7 heteroatoms. The lowest BCUT2D eigenvalue weighted by Gasteiger charge is -2.26. The second kappa shape index (κ2) is 9.50. The lowest BCUT2D eigenvalue weighted by atomic mass is 9.90. The standard InChI is InChI=1S/C13H22Br2N2O3/c1-4-6-8(11(14)15)7(3)13(20)17-9(5-2)10(18)12(16)19/h7-9,11H,4-6H2,1-3H3,(H2,16,19)(H,17,20). The van der Waals surface area contributed by atoms with Gasteiger partial charge in [-0.2, -0.15) is 0 Å². The van der Waals surface area contributed by atoms with Gasteiger partial charge in [0.2, 0.25) is 11.7 Å². The van der Waals surface area contributed by atoms with Crippen LogP contribution in [-0.2, 0) is 14.4 Å². The Kier molecular flexibility index (Phi) is 9.29. The van der Waals surface area contributed by atoms with Gasteiger partial charge in [0.05, 0.1) is 9.78 Å². The normalized spacial score (nSPS) is 15.5. The maximum atomic E-state index is 12.2. The van der Waals surface area contributed by atoms with E-state index < -0.39 is 17.7 Å². The van der Waals surface area contributed by atoms with E-state index in [2.05, 4.69) is 37.2 Å². The highest BCUT2D eigenvalue weighted by atomic mass is 79.9. The molecule has 0 heterocycles. The Labute approximate surface area is 136 Å². The van der Waals surface area contributed by atoms with E-state index >= 15 is 0 Å². The summed E-state index contributed by atoms with van der Waals surface area (Å²) in [5.41, 5.74) is 4.97. The summed E-state index contributed by atoms with van der Waals surface area (Å²) in [5, 5.41) is 2.61. The predicted octanol–water partition coefficient (Wildman–Crippen LogP) is 2.10. The number of nitrogens with two attached hydrogens (primary N) is 1. The minimum Gasteiger partial charge on any atom is -0.363 e. The van der Waals surface area contributed by atoms with Crippen molar-refractivity contribution in [3.05, 3.63) is 0 Å². The van der Waals surface area contributed by atoms with Gasteiger partial charge in [0.1, 0.15) is 0 Å². The van der Waals surface area contributed by atoms with E-state index in [4.69, 9.17) is 5.73 Å². The molecule has 3 unspecified atom stereocenters. The molecule has 0 bridgehead atoms. The highest BCUT2D eigenvalue weighted by Crippen LogP contribution is 2.30. The van der Waals surface area contributed by atoms with Crippen molar-refractivity contribution in [3.63, 3.8) is 0 Å². The second-order valence-corrected chi connectivity index (χ2v) is 7.98. The van der Waals surface area contributed by atoms with Crippen molar-refractivity contribution >= 4 is 49.5 Å². The molecule has 2 amide bonds. The number of Topliss-reactive ketones (excluding diaryl/α,β-unsaturated/α-hetero) is 1. The van der Waals surface area contributed by atoms with E-state index in [0.29, 0.717) is 6.42 Å². The SMILES string of the molecule is CCCC(C(Br)Br)C(C)C(=O)NC(CC)C(=O)C(N)=O. The van der Waals surface area contributed by atoms with Crippen LogP contribution < -0.4 is 11.1 Å². The fourth-order valence-electron chi connectivity index (χ4n) is 1.95. The molecule has 116 valence electrons. The zero-order chi connectivity index (χ0) is 15.9. The van der Waals surface area contributed by atoms with Crippen LogP contribution in [0.3, 0.4) is 0 Å². The van der Waals surface area contributed by atoms with Crippen LogP contribution in [0.4, 0.5) is 0 Å². The number of ketones is 1. The number of halogens is 2. The van der Waals surface area contributed by atoms with Crippen LogP contribution in [0.25, 0.3) is 0 Å². The third-order valence-corrected chi connectivity index (χ3v) is 4.64. The Morgan fingerprint density at radius 3 is 2.10 bits per heavy atom. The number of alkyl halides is 2. The van der Waals surface area contributed by atoms with Gasteiger partial charge in [0, 0.05) is 5.92 Å². The molecule has 0 aromatic rings. The quantitative estimate of drug-likeness (QED) is 0.448. The van der Waals surface area contributed by atoms with Gasteiger partial charge in [0.25, 0.3) is 5.91 Å². The first-order chi connectivity index (χ1) is 9.26. The van der Waals surface area contributed by atoms with E-state index in [0.717, 1.165) is 12.8 Å². The number of primary amides is 1. The number of nitrogens with one attached hydrogen (secondary N) is 1. The molecule has 0 fully saturated rings. The van der Waals surface area contributed by atoms with Crippen molar-refractivity contribution in [3.8, 4) is 0 Å². The second-order valence-electron chi connectivity index (χ2n) is 4.77. The van der Waals surface area contributed by atoms with Crippen molar-refractivity contribution in [2.75, 3.05) is 0 Å². The average molecular weight is 414 g/mol. The van der Waals surface area contributed by atoms with Crippen LogP contribution in [0.2, 0.25) is 0 Å². The zero-order valence-electron chi connectivity index (χ0n) is 12.0. The van der Waals surface area contributed by atoms with Gasteiger partial charge in [-0.05, 0) is 18.8 Å². The minimum atomic E-state index is -1.02. The highest BCUT2D eigenvalue weighted by molar-refractivity contribution is 9.24. The molecule has 0 radical (unpaired) electrons. The van der Waals surface area contributed by atoms with Crippen molar-refractivity contribution in [1.29, 1.82) is 0 Å². The molecule has 0 aliphatic carbocycles. The molecule has 0 aliphatic heterocycles. The van der Waals surface area contributed by atoms with Crippen LogP contribution in [-0.4, -0.2) is 27.4 Å². The smallest absolute Gasteiger partial charge is 0.287 e. The number of carbonyl (C=O) groups is 3. The van der Waals surface area contributed by atoms with Gasteiger partial charge in [-0.1, -0.05) is 59.1 Å². The van der Waals surface area contributed by atoms with Gasteiger partial charge >= 0.3 is 0 Å². The summed E-state index contributed by atoms with van der Waals surface area (Å²) >= 11 is 6.88. The van der Waals surface area contributed by atoms with Gasteiger partial charge < -0.3 is 11.1 Å². The monoisotopic (exact) mass is 412 g/mol. The van der Waals surface area contributed by atoms with Crippen molar-refractivity contribution in [1.82, 2.24) is 5.32 Å². The summed E-state index contributed by atoms with van der Waals surface area (Å²) in [6.07, 6.45) is 2.16. The van der Waals surface area contributed by atoms with Crippen molar-refractivity contribution in [2.45, 2.75) is 49.8 Å². The summed E-state index contributed by atoms with van der Waals surface area (Å²) in [7, 11) is 0. The Hall–Kier alpha value is -0.430. The first-order valence-electron chi connectivity index (χ1n) is 6.68. The molecule has 0 aliphatic rings. The summed E-state index contributed by atoms with van der Waals surface area (Å²) in [6, 6.07) is -0.839. The minimum absolute atomic E-state index is 0.0163. The molecule has 0 spiro atoms. The Bertz CT molecular complexity index is 362. The average Bonchev–Trinajstić information content (AvgIpc) is 2.39. The van der Waals surface area contributed by atoms with Gasteiger partial charge in [-0.15, -0.1) is 0 Å². The summed E-state index contributed by atoms with van der Waals surface area (Å²) in [6.45, 7) is 5.58. The number of amides is 2. The maximum absolute atomic E-state index is 12.2. The first-order valence-corrected chi connectivity index (χ1v) is 8.51. The third-order valence-electron chi connectivity index (χ3n) is 3.29. The summed E-state index contributed by atoms with van der Waals surface area (Å²) in [4.78, 5) is 34.7. The van der Waals surface area contributed by atoms with Crippen LogP contribution >= 0.6 is 31.9 Å². The Morgan fingerprint density at radius 2 is 1.75 bits per heavy atom. The summed E-state index contributed by atoms with van der Waals surface area (Å²) < 4.78 is 0.0163. The van der Waals surface area contributed by atoms with Gasteiger partial charge in [-0.3, -0.25) is 14.4 Å². The van der Waals surface area contributed by atoms with E-state index in [1.807, 2.05) is 13.8 Å². The molecule has 0 saturated carbocycles. The van der Waals surface area contributed by atoms with Crippen LogP contribution in [0.15, 0.2) is 0 Å². The van der Waals surface area contributed by atoms with Gasteiger partial charge in [-0.25, -0.2) is 0 Å². The van der Waals surface area contributed by atoms with E-state index in [-0.39, 0.29) is 21.5 Å². The molecular weight excluding hydrogens is 392 g/mol. The third kappa shape index (κ3) is 5.91. The lowest BCUT2D eigenvalue weighted by Crippen LogP contribution is -2.48. The van der Waals surface area contributed by atoms with Crippen LogP contribution in [0, 0.1) is 11.8 Å². The number of hydrogen-bond acceptors (Lipinski definition) is 3. The Morgan fingerprint density at radius 1 is 1.20 bits per heavy atom. The number of hydrogen-bond donors (Lipinski definition) is 2. The highest BCUT2D eigenvalue weighted by Gasteiger charge is 2.31. The molecule has 0 saturated heterocycles. The van der Waals surface area contributed by atoms with Crippen LogP contribution in [0.1, 0.15) is 40.0 Å². The van der Waals surface area contributed by atoms with E-state index in [9.17, 15) is 14.4 Å². The van der Waals surface area contributed by atoms with Crippen molar-refractivity contribution < 1.29 is 14.4 Å². The number of carbonyl (C=O) groups excluding carboxylic acids is 3. The molecule has 3 N–H and O–H groups in total. The summed E-state index contributed by atoms with van der Waals surface area (Å²) in [5.74, 6) is -2.20. The first kappa shape index (κ1) is 19.6. The predicted molar refractivity (Wildman–Crippen MR) is 85.6 cm³/mol. The van der Waals surface area contributed by atoms with Crippen LogP contribution in [0.5, 0.6) is 0 Å². The molecule has 0 aromatic heterocycles. The zero-order valence-corrected chi connectivity index (χ0v) is 15.2. The molecular formula is C13H22Br2N2O3. The van der Waals surface area contributed by atoms with E-state index in [1.165, 1.54) is 0 Å². The largest absolute Gasteiger partial charge is 0.363 e. The lowest BCUT2D eigenvalue weighted by molar-refractivity contribution is -0.139. The van der Waals surface area contributed by atoms with Crippen molar-refractivity contribution in [2.24, 2.45) is 17.6 Å². The number of rotatable bonds is 9. The van der Waals surface area contributed by atoms with Gasteiger partial charge in [0.15, 0.2) is 0 Å². The maximum Gasteiger partial charge on any atom is 0.287 e. The molecule has 0 aromatic carbocycles. The molecule has 20 heavy (non-hydrogen) atoms. The molecule has 3 atom stereocenters.